The molecule has 7 heteroatoms. The van der Waals surface area contributed by atoms with E-state index >= 15 is 0 Å². The van der Waals surface area contributed by atoms with Crippen LogP contribution in [0.25, 0.3) is 0 Å². The second-order valence-electron chi connectivity index (χ2n) is 12.7. The van der Waals surface area contributed by atoms with Crippen molar-refractivity contribution in [1.29, 1.82) is 0 Å². The Morgan fingerprint density at radius 3 is 2.22 bits per heavy atom. The fourth-order valence-corrected chi connectivity index (χ4v) is 8.47. The lowest BCUT2D eigenvalue weighted by Gasteiger charge is -2.58. The maximum Gasteiger partial charge on any atom is 0.338 e. The summed E-state index contributed by atoms with van der Waals surface area (Å²) in [4.78, 5) is 53.2. The first kappa shape index (κ1) is 25.1. The molecule has 0 heterocycles. The quantitative estimate of drug-likeness (QED) is 0.635. The largest absolute Gasteiger partial charge is 0.461 e. The van der Waals surface area contributed by atoms with Gasteiger partial charge >= 0.3 is 11.9 Å². The van der Waals surface area contributed by atoms with Gasteiger partial charge in [0, 0.05) is 29.1 Å². The Morgan fingerprint density at radius 1 is 0.972 bits per heavy atom. The topological polar surface area (TPSA) is 107 Å². The number of benzene rings is 1. The number of hydrogen-bond donors (Lipinski definition) is 1. The van der Waals surface area contributed by atoms with Crippen LogP contribution in [0.3, 0.4) is 0 Å². The summed E-state index contributed by atoms with van der Waals surface area (Å²) in [7, 11) is 0. The number of carbonyl (C=O) groups excluding carboxylic acids is 4. The van der Waals surface area contributed by atoms with Crippen LogP contribution in [-0.2, 0) is 23.9 Å². The van der Waals surface area contributed by atoms with Crippen molar-refractivity contribution in [2.45, 2.75) is 78.6 Å². The lowest BCUT2D eigenvalue weighted by atomic mass is 9.48. The van der Waals surface area contributed by atoms with E-state index in [4.69, 9.17) is 9.47 Å². The molecule has 1 aromatic rings. The second kappa shape index (κ2) is 7.73. The van der Waals surface area contributed by atoms with E-state index < -0.39 is 51.9 Å². The first-order valence-corrected chi connectivity index (χ1v) is 12.9. The van der Waals surface area contributed by atoms with Crippen molar-refractivity contribution in [2.24, 2.45) is 39.9 Å². The molecule has 0 spiro atoms. The monoisotopic (exact) mass is 496 g/mol. The SMILES string of the molecule is CC(=O)O[C@@H]1[C@H]2[C@@H](OC(=O)c3ccccc3)[C@@H](C)C[C@]2(O)C(=O)[C@@]2(C)[C@@H]3CC(C)(C)C(=O)[C@@H]3C[C@@]12C. The standard InChI is InChI=1S/C29H36O7/c1-15-12-29(34)20(21(15)36-24(32)17-10-8-7-9-11-17)23(35-16(2)30)27(5)13-18-19(28(27,6)25(29)33)14-26(3,4)22(18)31/h7-11,15,18-21,23,34H,12-14H2,1-6H3/t15-,18+,19+,20+,21-,23+,27-,28+,29+/m0/s1. The number of Topliss-reactive ketones (excluding diaryl/α,β-unsaturated/α-hetero) is 2. The zero-order valence-electron chi connectivity index (χ0n) is 21.9. The van der Waals surface area contributed by atoms with Gasteiger partial charge in [-0.3, -0.25) is 14.4 Å². The predicted molar refractivity (Wildman–Crippen MR) is 130 cm³/mol. The predicted octanol–water partition coefficient (Wildman–Crippen LogP) is 3.76. The van der Waals surface area contributed by atoms with Crippen molar-refractivity contribution in [3.05, 3.63) is 35.9 Å². The summed E-state index contributed by atoms with van der Waals surface area (Å²) in [5, 5.41) is 12.1. The molecule has 194 valence electrons. The molecule has 0 aromatic heterocycles. The molecule has 1 aromatic carbocycles. The van der Waals surface area contributed by atoms with Gasteiger partial charge in [0.1, 0.15) is 23.6 Å². The van der Waals surface area contributed by atoms with E-state index in [1.807, 2.05) is 34.6 Å². The molecule has 4 aliphatic rings. The van der Waals surface area contributed by atoms with E-state index in [9.17, 15) is 24.3 Å². The number of rotatable bonds is 3. The Kier molecular flexibility index (Phi) is 5.40. The molecule has 0 aliphatic heterocycles. The highest BCUT2D eigenvalue weighted by Gasteiger charge is 2.80. The number of carbonyl (C=O) groups is 4. The number of hydrogen-bond acceptors (Lipinski definition) is 7. The van der Waals surface area contributed by atoms with Gasteiger partial charge in [-0.1, -0.05) is 52.8 Å². The van der Waals surface area contributed by atoms with Gasteiger partial charge < -0.3 is 14.6 Å². The number of ketones is 2. The molecule has 4 aliphatic carbocycles. The van der Waals surface area contributed by atoms with Gasteiger partial charge in [0.15, 0.2) is 5.78 Å². The van der Waals surface area contributed by atoms with E-state index in [1.54, 1.807) is 30.3 Å². The Morgan fingerprint density at radius 2 is 1.61 bits per heavy atom. The molecule has 4 fully saturated rings. The molecule has 36 heavy (non-hydrogen) atoms. The zero-order valence-corrected chi connectivity index (χ0v) is 21.9. The van der Waals surface area contributed by atoms with Crippen molar-refractivity contribution in [3.8, 4) is 0 Å². The van der Waals surface area contributed by atoms with Crippen LogP contribution in [0.2, 0.25) is 0 Å². The summed E-state index contributed by atoms with van der Waals surface area (Å²) in [5.74, 6) is -3.12. The molecule has 1 N–H and O–H groups in total. The summed E-state index contributed by atoms with van der Waals surface area (Å²) in [5.41, 5.74) is -3.97. The smallest absolute Gasteiger partial charge is 0.338 e. The number of esters is 2. The van der Waals surface area contributed by atoms with Crippen molar-refractivity contribution in [1.82, 2.24) is 0 Å². The van der Waals surface area contributed by atoms with E-state index in [2.05, 4.69) is 0 Å². The van der Waals surface area contributed by atoms with E-state index in [0.29, 0.717) is 18.4 Å². The van der Waals surface area contributed by atoms with Gasteiger partial charge in [-0.15, -0.1) is 0 Å². The van der Waals surface area contributed by atoms with Crippen LogP contribution in [0.5, 0.6) is 0 Å². The minimum absolute atomic E-state index is 0.0986. The summed E-state index contributed by atoms with van der Waals surface area (Å²) < 4.78 is 11.9. The molecule has 0 amide bonds. The van der Waals surface area contributed by atoms with Gasteiger partial charge in [0.2, 0.25) is 0 Å². The van der Waals surface area contributed by atoms with Crippen molar-refractivity contribution in [2.75, 3.05) is 0 Å². The molecule has 0 radical (unpaired) electrons. The van der Waals surface area contributed by atoms with Crippen molar-refractivity contribution >= 4 is 23.5 Å². The second-order valence-corrected chi connectivity index (χ2v) is 12.7. The first-order chi connectivity index (χ1) is 16.7. The Bertz CT molecular complexity index is 1140. The average Bonchev–Trinajstić information content (AvgIpc) is 3.30. The molecular weight excluding hydrogens is 460 g/mol. The maximum atomic E-state index is 14.4. The first-order valence-electron chi connectivity index (χ1n) is 12.9. The van der Waals surface area contributed by atoms with Crippen molar-refractivity contribution in [3.63, 3.8) is 0 Å². The molecule has 4 saturated carbocycles. The van der Waals surface area contributed by atoms with Crippen LogP contribution in [0.1, 0.15) is 71.2 Å². The fraction of sp³-hybridized carbons (Fsp3) is 0.655. The molecule has 0 bridgehead atoms. The van der Waals surface area contributed by atoms with E-state index in [-0.39, 0.29) is 35.7 Å². The number of ether oxygens (including phenoxy) is 2. The van der Waals surface area contributed by atoms with Crippen LogP contribution in [-0.4, -0.2) is 46.4 Å². The molecule has 0 saturated heterocycles. The molecule has 9 atom stereocenters. The van der Waals surface area contributed by atoms with Gasteiger partial charge in [0.05, 0.1) is 11.5 Å². The minimum atomic E-state index is -1.83. The summed E-state index contributed by atoms with van der Waals surface area (Å²) in [6, 6.07) is 8.56. The third-order valence-electron chi connectivity index (χ3n) is 10.3. The summed E-state index contributed by atoms with van der Waals surface area (Å²) >= 11 is 0. The van der Waals surface area contributed by atoms with Crippen LogP contribution in [0, 0.1) is 39.9 Å². The molecule has 7 nitrogen and oxygen atoms in total. The third kappa shape index (κ3) is 3.07. The number of aliphatic hydroxyl groups is 1. The molecular formula is C29H36O7. The van der Waals surface area contributed by atoms with Crippen LogP contribution in [0.4, 0.5) is 0 Å². The number of fused-ring (bicyclic) bond motifs is 4. The third-order valence-corrected chi connectivity index (χ3v) is 10.3. The lowest BCUT2D eigenvalue weighted by Crippen LogP contribution is -2.70. The normalized spacial score (nSPS) is 44.5. The van der Waals surface area contributed by atoms with E-state index in [1.165, 1.54) is 6.92 Å². The Balaban J connectivity index is 1.61. The summed E-state index contributed by atoms with van der Waals surface area (Å²) in [6.45, 7) is 10.8. The Hall–Kier alpha value is -2.54. The zero-order chi connectivity index (χ0) is 26.4. The van der Waals surface area contributed by atoms with Gasteiger partial charge in [-0.05, 0) is 43.2 Å². The van der Waals surface area contributed by atoms with Crippen LogP contribution < -0.4 is 0 Å². The lowest BCUT2D eigenvalue weighted by molar-refractivity contribution is -0.220. The highest BCUT2D eigenvalue weighted by Crippen LogP contribution is 2.73. The minimum Gasteiger partial charge on any atom is -0.461 e. The van der Waals surface area contributed by atoms with Gasteiger partial charge in [-0.2, -0.15) is 0 Å². The molecule has 5 rings (SSSR count). The highest BCUT2D eigenvalue weighted by molar-refractivity contribution is 5.99. The fourth-order valence-electron chi connectivity index (χ4n) is 8.47. The van der Waals surface area contributed by atoms with Crippen molar-refractivity contribution < 1.29 is 33.8 Å². The van der Waals surface area contributed by atoms with Gasteiger partial charge in [-0.25, -0.2) is 4.79 Å². The van der Waals surface area contributed by atoms with E-state index in [0.717, 1.165) is 0 Å². The summed E-state index contributed by atoms with van der Waals surface area (Å²) in [6.07, 6.45) is -0.682. The van der Waals surface area contributed by atoms with Gasteiger partial charge in [0.25, 0.3) is 0 Å². The van der Waals surface area contributed by atoms with Crippen LogP contribution in [0.15, 0.2) is 30.3 Å². The molecule has 0 unspecified atom stereocenters. The average molecular weight is 497 g/mol. The highest BCUT2D eigenvalue weighted by atomic mass is 16.6. The van der Waals surface area contributed by atoms with Crippen LogP contribution >= 0.6 is 0 Å². The maximum absolute atomic E-state index is 14.4. The Labute approximate surface area is 211 Å².